The summed E-state index contributed by atoms with van der Waals surface area (Å²) >= 11 is 0. The molecule has 0 saturated heterocycles. The maximum absolute atomic E-state index is 13.6. The van der Waals surface area contributed by atoms with Gasteiger partial charge in [0.25, 0.3) is 0 Å². The van der Waals surface area contributed by atoms with E-state index in [0.29, 0.717) is 23.0 Å². The van der Waals surface area contributed by atoms with E-state index in [1.807, 2.05) is 0 Å². The van der Waals surface area contributed by atoms with Gasteiger partial charge in [-0.15, -0.1) is 0 Å². The molecule has 0 aliphatic heterocycles. The Hall–Kier alpha value is -2.61. The largest absolute Gasteiger partial charge is 0.393 e. The first-order valence-electron chi connectivity index (χ1n) is 9.32. The molecule has 0 radical (unpaired) electrons. The van der Waals surface area contributed by atoms with E-state index in [9.17, 15) is 9.50 Å². The number of aliphatic hydroxyl groups is 1. The van der Waals surface area contributed by atoms with Crippen molar-refractivity contribution in [2.45, 2.75) is 57.6 Å². The van der Waals surface area contributed by atoms with E-state index < -0.39 is 5.82 Å². The summed E-state index contributed by atoms with van der Waals surface area (Å²) in [5.41, 5.74) is 2.23. The Bertz CT molecular complexity index is 949. The second-order valence-corrected chi connectivity index (χ2v) is 7.40. The van der Waals surface area contributed by atoms with Crippen LogP contribution >= 0.6 is 0 Å². The predicted molar refractivity (Wildman–Crippen MR) is 99.9 cm³/mol. The molecule has 27 heavy (non-hydrogen) atoms. The van der Waals surface area contributed by atoms with Gasteiger partial charge in [-0.3, -0.25) is 4.98 Å². The maximum atomic E-state index is 13.6. The van der Waals surface area contributed by atoms with Gasteiger partial charge in [0.15, 0.2) is 11.5 Å². The Morgan fingerprint density at radius 2 is 1.93 bits per heavy atom. The van der Waals surface area contributed by atoms with Crippen molar-refractivity contribution < 1.29 is 9.50 Å². The Morgan fingerprint density at radius 3 is 2.63 bits per heavy atom. The minimum Gasteiger partial charge on any atom is -0.393 e. The normalized spacial score (nSPS) is 20.3. The molecule has 3 aromatic rings. The van der Waals surface area contributed by atoms with Crippen LogP contribution < -0.4 is 5.32 Å². The van der Waals surface area contributed by atoms with Crippen LogP contribution in [0.15, 0.2) is 24.7 Å². The third-order valence-electron chi connectivity index (χ3n) is 5.01. The summed E-state index contributed by atoms with van der Waals surface area (Å²) in [6, 6.07) is 1.59. The Morgan fingerprint density at radius 1 is 1.15 bits per heavy atom. The van der Waals surface area contributed by atoms with Gasteiger partial charge in [0, 0.05) is 23.4 Å². The van der Waals surface area contributed by atoms with E-state index in [-0.39, 0.29) is 18.1 Å². The lowest BCUT2D eigenvalue weighted by Gasteiger charge is -2.26. The summed E-state index contributed by atoms with van der Waals surface area (Å²) < 4.78 is 15.4. The van der Waals surface area contributed by atoms with Crippen LogP contribution in [0.5, 0.6) is 0 Å². The molecule has 2 N–H and O–H groups in total. The third kappa shape index (κ3) is 3.62. The van der Waals surface area contributed by atoms with Crippen LogP contribution in [0.2, 0.25) is 0 Å². The predicted octanol–water partition coefficient (Wildman–Crippen LogP) is 3.16. The Balaban J connectivity index is 1.78. The molecular formula is C19H23FN6O. The van der Waals surface area contributed by atoms with Gasteiger partial charge in [-0.1, -0.05) is 13.8 Å². The highest BCUT2D eigenvalue weighted by Gasteiger charge is 2.22. The number of anilines is 1. The molecule has 1 saturated carbocycles. The van der Waals surface area contributed by atoms with E-state index in [1.165, 1.54) is 6.07 Å². The second kappa shape index (κ2) is 7.19. The van der Waals surface area contributed by atoms with Crippen LogP contribution in [0.1, 0.15) is 51.0 Å². The molecule has 0 unspecified atom stereocenters. The summed E-state index contributed by atoms with van der Waals surface area (Å²) in [5.74, 6) is 0.806. The molecule has 3 aromatic heterocycles. The molecule has 1 aliphatic carbocycles. The highest BCUT2D eigenvalue weighted by Crippen LogP contribution is 2.26. The molecule has 7 nitrogen and oxygen atoms in total. The number of rotatable bonds is 4. The number of halogens is 1. The first-order chi connectivity index (χ1) is 13.0. The molecule has 4 rings (SSSR count). The van der Waals surface area contributed by atoms with E-state index in [1.54, 1.807) is 16.9 Å². The summed E-state index contributed by atoms with van der Waals surface area (Å²) in [6.07, 6.45) is 7.56. The Kier molecular flexibility index (Phi) is 4.73. The molecular weight excluding hydrogens is 347 g/mol. The highest BCUT2D eigenvalue weighted by molar-refractivity contribution is 5.62. The van der Waals surface area contributed by atoms with Crippen molar-refractivity contribution in [1.29, 1.82) is 0 Å². The average molecular weight is 370 g/mol. The monoisotopic (exact) mass is 370 g/mol. The van der Waals surface area contributed by atoms with Crippen molar-refractivity contribution in [2.75, 3.05) is 5.32 Å². The number of aliphatic hydroxyl groups excluding tert-OH is 1. The molecule has 0 aromatic carbocycles. The molecule has 3 heterocycles. The number of aromatic nitrogens is 5. The van der Waals surface area contributed by atoms with Crippen LogP contribution in [-0.2, 0) is 0 Å². The number of pyridine rings is 1. The Labute approximate surface area is 156 Å². The fourth-order valence-electron chi connectivity index (χ4n) is 3.46. The van der Waals surface area contributed by atoms with Crippen molar-refractivity contribution >= 4 is 11.6 Å². The van der Waals surface area contributed by atoms with Crippen molar-refractivity contribution in [2.24, 2.45) is 0 Å². The van der Waals surface area contributed by atoms with E-state index in [4.69, 9.17) is 0 Å². The number of hydrogen-bond acceptors (Lipinski definition) is 6. The standard InChI is InChI=1S/C19H23FN6O/c1-11(2)16-10-22-26-18(16)24-17(12-7-13(20)9-21-8-12)25-19(26)23-14-3-5-15(27)6-4-14/h7-11,14-15,27H,3-6H2,1-2H3,(H,23,24,25). The van der Waals surface area contributed by atoms with Gasteiger partial charge < -0.3 is 10.4 Å². The zero-order valence-electron chi connectivity index (χ0n) is 15.4. The number of hydrogen-bond donors (Lipinski definition) is 2. The van der Waals surface area contributed by atoms with E-state index >= 15 is 0 Å². The zero-order chi connectivity index (χ0) is 19.0. The smallest absolute Gasteiger partial charge is 0.228 e. The van der Waals surface area contributed by atoms with Crippen LogP contribution in [0.4, 0.5) is 10.3 Å². The van der Waals surface area contributed by atoms with E-state index in [0.717, 1.165) is 37.4 Å². The molecule has 142 valence electrons. The fourth-order valence-corrected chi connectivity index (χ4v) is 3.46. The van der Waals surface area contributed by atoms with Crippen LogP contribution in [0.25, 0.3) is 17.0 Å². The number of nitrogens with one attached hydrogen (secondary N) is 1. The minimum absolute atomic E-state index is 0.205. The fraction of sp³-hybridized carbons (Fsp3) is 0.474. The van der Waals surface area contributed by atoms with Gasteiger partial charge in [-0.05, 0) is 37.7 Å². The molecule has 0 bridgehead atoms. The lowest BCUT2D eigenvalue weighted by molar-refractivity contribution is 0.126. The molecule has 8 heteroatoms. The molecule has 1 fully saturated rings. The van der Waals surface area contributed by atoms with Crippen molar-refractivity contribution in [1.82, 2.24) is 24.6 Å². The van der Waals surface area contributed by atoms with Crippen molar-refractivity contribution in [3.8, 4) is 11.4 Å². The van der Waals surface area contributed by atoms with Crippen LogP contribution in [-0.4, -0.2) is 41.8 Å². The highest BCUT2D eigenvalue weighted by atomic mass is 19.1. The summed E-state index contributed by atoms with van der Waals surface area (Å²) in [4.78, 5) is 13.2. The summed E-state index contributed by atoms with van der Waals surface area (Å²) in [7, 11) is 0. The molecule has 0 atom stereocenters. The van der Waals surface area contributed by atoms with Crippen LogP contribution in [0, 0.1) is 5.82 Å². The first kappa shape index (κ1) is 17.8. The van der Waals surface area contributed by atoms with Gasteiger partial charge in [-0.25, -0.2) is 9.37 Å². The lowest BCUT2D eigenvalue weighted by Crippen LogP contribution is -2.29. The minimum atomic E-state index is -0.427. The zero-order valence-corrected chi connectivity index (χ0v) is 15.4. The summed E-state index contributed by atoms with van der Waals surface area (Å²) in [6.45, 7) is 4.16. The lowest BCUT2D eigenvalue weighted by atomic mass is 9.93. The van der Waals surface area contributed by atoms with Crippen molar-refractivity contribution in [3.63, 3.8) is 0 Å². The molecule has 0 amide bonds. The first-order valence-corrected chi connectivity index (χ1v) is 9.32. The van der Waals surface area contributed by atoms with Gasteiger partial charge in [0.1, 0.15) is 5.82 Å². The maximum Gasteiger partial charge on any atom is 0.228 e. The topological polar surface area (TPSA) is 88.2 Å². The second-order valence-electron chi connectivity index (χ2n) is 7.40. The third-order valence-corrected chi connectivity index (χ3v) is 5.01. The van der Waals surface area contributed by atoms with Crippen LogP contribution in [0.3, 0.4) is 0 Å². The van der Waals surface area contributed by atoms with Gasteiger partial charge in [0.2, 0.25) is 5.95 Å². The van der Waals surface area contributed by atoms with Gasteiger partial charge >= 0.3 is 0 Å². The number of nitrogens with zero attached hydrogens (tertiary/aromatic N) is 5. The molecule has 0 spiro atoms. The van der Waals surface area contributed by atoms with Crippen molar-refractivity contribution in [3.05, 3.63) is 36.0 Å². The SMILES string of the molecule is CC(C)c1cnn2c(NC3CCC(O)CC3)nc(-c3cncc(F)c3)nc12. The van der Waals surface area contributed by atoms with Gasteiger partial charge in [0.05, 0.1) is 18.5 Å². The quantitative estimate of drug-likeness (QED) is 0.733. The average Bonchev–Trinajstić information content (AvgIpc) is 3.08. The number of fused-ring (bicyclic) bond motifs is 1. The molecule has 1 aliphatic rings. The summed E-state index contributed by atoms with van der Waals surface area (Å²) in [5, 5.41) is 17.6. The van der Waals surface area contributed by atoms with Gasteiger partial charge in [-0.2, -0.15) is 14.6 Å². The van der Waals surface area contributed by atoms with E-state index in [2.05, 4.69) is 39.2 Å².